The fourth-order valence-corrected chi connectivity index (χ4v) is 4.95. The van der Waals surface area contributed by atoms with Gasteiger partial charge in [0.05, 0.1) is 16.8 Å². The Labute approximate surface area is 178 Å². The number of rotatable bonds is 6. The first-order valence-corrected chi connectivity index (χ1v) is 10.4. The Bertz CT molecular complexity index is 1220. The molecular formula is C21H15FN2O4S2. The van der Waals surface area contributed by atoms with Crippen LogP contribution in [0.3, 0.4) is 0 Å². The number of nitrogens with zero attached hydrogens (tertiary/aromatic N) is 2. The normalized spacial score (nSPS) is 10.9. The van der Waals surface area contributed by atoms with Crippen LogP contribution in [-0.2, 0) is 6.61 Å². The Hall–Kier alpha value is -3.30. The summed E-state index contributed by atoms with van der Waals surface area (Å²) in [6, 6.07) is 11.2. The minimum atomic E-state index is -1.17. The van der Waals surface area contributed by atoms with Crippen molar-refractivity contribution in [3.05, 3.63) is 70.7 Å². The van der Waals surface area contributed by atoms with Gasteiger partial charge in [-0.1, -0.05) is 6.07 Å². The topological polar surface area (TPSA) is 92.5 Å². The third-order valence-electron chi connectivity index (χ3n) is 4.23. The number of carboxylic acid groups (broad SMARTS) is 1. The summed E-state index contributed by atoms with van der Waals surface area (Å²) in [6.45, 7) is 2.14. The van der Waals surface area contributed by atoms with Crippen LogP contribution in [0, 0.1) is 12.7 Å². The van der Waals surface area contributed by atoms with E-state index < -0.39 is 11.8 Å². The SMILES string of the molecule is Cc1nc(COc2ccc(F)cn2)sc1-c1ccc(-c2ccc(C(=O)O)c(O)c2)s1. The molecular weight excluding hydrogens is 427 g/mol. The third-order valence-corrected chi connectivity index (χ3v) is 6.67. The van der Waals surface area contributed by atoms with Gasteiger partial charge in [0.2, 0.25) is 5.88 Å². The van der Waals surface area contributed by atoms with Crippen LogP contribution < -0.4 is 4.74 Å². The lowest BCUT2D eigenvalue weighted by Gasteiger charge is -2.02. The number of hydrogen-bond acceptors (Lipinski definition) is 7. The number of carbonyl (C=O) groups is 1. The van der Waals surface area contributed by atoms with Gasteiger partial charge in [-0.25, -0.2) is 19.2 Å². The Kier molecular flexibility index (Phi) is 5.47. The van der Waals surface area contributed by atoms with Gasteiger partial charge < -0.3 is 14.9 Å². The number of benzene rings is 1. The molecule has 1 aromatic carbocycles. The number of phenols is 1. The largest absolute Gasteiger partial charge is 0.507 e. The van der Waals surface area contributed by atoms with Gasteiger partial charge in [0.1, 0.15) is 28.7 Å². The quantitative estimate of drug-likeness (QED) is 0.417. The van der Waals surface area contributed by atoms with E-state index in [-0.39, 0.29) is 17.9 Å². The zero-order chi connectivity index (χ0) is 21.3. The highest BCUT2D eigenvalue weighted by Gasteiger charge is 2.15. The molecule has 30 heavy (non-hydrogen) atoms. The molecule has 0 aliphatic carbocycles. The summed E-state index contributed by atoms with van der Waals surface area (Å²) in [4.78, 5) is 22.4. The number of carboxylic acids is 1. The number of aromatic hydroxyl groups is 1. The number of aromatic nitrogens is 2. The molecule has 3 heterocycles. The minimum Gasteiger partial charge on any atom is -0.507 e. The molecule has 0 bridgehead atoms. The summed E-state index contributed by atoms with van der Waals surface area (Å²) < 4.78 is 18.5. The van der Waals surface area contributed by atoms with Gasteiger partial charge in [-0.2, -0.15) is 0 Å². The van der Waals surface area contributed by atoms with Crippen molar-refractivity contribution in [2.45, 2.75) is 13.5 Å². The van der Waals surface area contributed by atoms with Crippen LogP contribution in [0.25, 0.3) is 20.2 Å². The fraction of sp³-hybridized carbons (Fsp3) is 0.0952. The van der Waals surface area contributed by atoms with E-state index in [0.29, 0.717) is 5.88 Å². The molecule has 4 aromatic rings. The highest BCUT2D eigenvalue weighted by Crippen LogP contribution is 2.40. The molecule has 9 heteroatoms. The summed E-state index contributed by atoms with van der Waals surface area (Å²) >= 11 is 3.02. The highest BCUT2D eigenvalue weighted by atomic mass is 32.1. The first-order valence-electron chi connectivity index (χ1n) is 8.78. The van der Waals surface area contributed by atoms with Gasteiger partial charge >= 0.3 is 5.97 Å². The first kappa shape index (κ1) is 20.0. The molecule has 4 rings (SSSR count). The molecule has 0 spiro atoms. The molecule has 0 unspecified atom stereocenters. The van der Waals surface area contributed by atoms with Crippen LogP contribution in [0.4, 0.5) is 4.39 Å². The van der Waals surface area contributed by atoms with E-state index in [1.807, 2.05) is 19.1 Å². The zero-order valence-electron chi connectivity index (χ0n) is 15.6. The molecule has 0 saturated heterocycles. The van der Waals surface area contributed by atoms with Crippen LogP contribution in [0.15, 0.2) is 48.7 Å². The number of halogens is 1. The summed E-state index contributed by atoms with van der Waals surface area (Å²) in [5.74, 6) is -1.53. The van der Waals surface area contributed by atoms with Gasteiger partial charge in [0.25, 0.3) is 0 Å². The van der Waals surface area contributed by atoms with E-state index in [9.17, 15) is 14.3 Å². The van der Waals surface area contributed by atoms with Crippen molar-refractivity contribution in [2.24, 2.45) is 0 Å². The number of aromatic carboxylic acids is 1. The molecule has 0 saturated carbocycles. The van der Waals surface area contributed by atoms with Crippen LogP contribution in [0.2, 0.25) is 0 Å². The van der Waals surface area contributed by atoms with Crippen molar-refractivity contribution in [3.63, 3.8) is 0 Å². The predicted octanol–water partition coefficient (Wildman–Crippen LogP) is 5.36. The summed E-state index contributed by atoms with van der Waals surface area (Å²) in [5, 5.41) is 19.8. The van der Waals surface area contributed by atoms with Crippen molar-refractivity contribution in [1.29, 1.82) is 0 Å². The smallest absolute Gasteiger partial charge is 0.339 e. The van der Waals surface area contributed by atoms with Crippen molar-refractivity contribution in [1.82, 2.24) is 9.97 Å². The van der Waals surface area contributed by atoms with Gasteiger partial charge in [0, 0.05) is 15.8 Å². The molecule has 0 aliphatic heterocycles. The molecule has 6 nitrogen and oxygen atoms in total. The zero-order valence-corrected chi connectivity index (χ0v) is 17.3. The number of pyridine rings is 1. The summed E-state index contributed by atoms with van der Waals surface area (Å²) in [6.07, 6.45) is 1.10. The second kappa shape index (κ2) is 8.21. The standard InChI is InChI=1S/C21H15FN2O4S2/c1-11-20(30-19(24-11)10-28-18-7-3-13(22)9-23-18)17-6-5-16(29-17)12-2-4-14(21(26)27)15(25)8-12/h2-9,25H,10H2,1H3,(H,26,27). The number of thiophene rings is 1. The Morgan fingerprint density at radius 1 is 1.13 bits per heavy atom. The number of ether oxygens (including phenoxy) is 1. The average molecular weight is 442 g/mol. The lowest BCUT2D eigenvalue weighted by Crippen LogP contribution is -1.96. The fourth-order valence-electron chi connectivity index (χ4n) is 2.81. The predicted molar refractivity (Wildman–Crippen MR) is 113 cm³/mol. The van der Waals surface area contributed by atoms with E-state index in [4.69, 9.17) is 9.84 Å². The number of hydrogen-bond donors (Lipinski definition) is 2. The number of aryl methyl sites for hydroxylation is 1. The lowest BCUT2D eigenvalue weighted by atomic mass is 10.1. The van der Waals surface area contributed by atoms with E-state index in [1.165, 1.54) is 46.9 Å². The van der Waals surface area contributed by atoms with Gasteiger partial charge in [-0.05, 0) is 42.8 Å². The molecule has 3 aromatic heterocycles. The van der Waals surface area contributed by atoms with E-state index in [1.54, 1.807) is 6.07 Å². The average Bonchev–Trinajstić information content (AvgIpc) is 3.34. The molecule has 0 atom stereocenters. The van der Waals surface area contributed by atoms with Crippen LogP contribution >= 0.6 is 22.7 Å². The molecule has 0 amide bonds. The van der Waals surface area contributed by atoms with E-state index in [0.717, 1.165) is 37.1 Å². The highest BCUT2D eigenvalue weighted by molar-refractivity contribution is 7.23. The van der Waals surface area contributed by atoms with Crippen LogP contribution in [0.5, 0.6) is 11.6 Å². The Balaban J connectivity index is 1.53. The summed E-state index contributed by atoms with van der Waals surface area (Å²) in [5.41, 5.74) is 1.47. The second-order valence-electron chi connectivity index (χ2n) is 6.33. The molecule has 0 aliphatic rings. The van der Waals surface area contributed by atoms with Crippen molar-refractivity contribution < 1.29 is 24.1 Å². The Morgan fingerprint density at radius 2 is 1.93 bits per heavy atom. The summed E-state index contributed by atoms with van der Waals surface area (Å²) in [7, 11) is 0. The molecule has 2 N–H and O–H groups in total. The van der Waals surface area contributed by atoms with Crippen molar-refractivity contribution in [3.8, 4) is 31.8 Å². The van der Waals surface area contributed by atoms with Crippen molar-refractivity contribution >= 4 is 28.6 Å². The van der Waals surface area contributed by atoms with Gasteiger partial charge in [-0.15, -0.1) is 22.7 Å². The molecule has 0 radical (unpaired) electrons. The van der Waals surface area contributed by atoms with Crippen LogP contribution in [0.1, 0.15) is 21.1 Å². The van der Waals surface area contributed by atoms with Crippen molar-refractivity contribution in [2.75, 3.05) is 0 Å². The number of thiazole rings is 1. The third kappa shape index (κ3) is 4.17. The maximum absolute atomic E-state index is 12.9. The lowest BCUT2D eigenvalue weighted by molar-refractivity contribution is 0.0694. The monoisotopic (exact) mass is 442 g/mol. The second-order valence-corrected chi connectivity index (χ2v) is 8.49. The van der Waals surface area contributed by atoms with E-state index in [2.05, 4.69) is 9.97 Å². The van der Waals surface area contributed by atoms with Gasteiger partial charge in [-0.3, -0.25) is 0 Å². The maximum atomic E-state index is 12.9. The van der Waals surface area contributed by atoms with Crippen LogP contribution in [-0.4, -0.2) is 26.2 Å². The van der Waals surface area contributed by atoms with E-state index >= 15 is 0 Å². The molecule has 0 fully saturated rings. The maximum Gasteiger partial charge on any atom is 0.339 e. The minimum absolute atomic E-state index is 0.130. The Morgan fingerprint density at radius 3 is 2.63 bits per heavy atom. The first-order chi connectivity index (χ1) is 14.4. The van der Waals surface area contributed by atoms with Gasteiger partial charge in [0.15, 0.2) is 0 Å². The molecule has 152 valence electrons.